The Bertz CT molecular complexity index is 479. The van der Waals surface area contributed by atoms with Gasteiger partial charge in [0.1, 0.15) is 18.2 Å². The van der Waals surface area contributed by atoms with Gasteiger partial charge in [-0.25, -0.2) is 13.6 Å². The highest BCUT2D eigenvalue weighted by molar-refractivity contribution is 5.87. The maximum atomic E-state index is 13.5. The molecule has 0 unspecified atom stereocenters. The Kier molecular flexibility index (Phi) is 6.05. The molecular formula is C13H14F2O5. The molecule has 0 aliphatic rings. The number of carboxylic acid groups (broad SMARTS) is 1. The van der Waals surface area contributed by atoms with E-state index in [4.69, 9.17) is 14.6 Å². The lowest BCUT2D eigenvalue weighted by molar-refractivity contribution is -0.144. The Labute approximate surface area is 114 Å². The first-order valence-electron chi connectivity index (χ1n) is 5.90. The van der Waals surface area contributed by atoms with E-state index in [2.05, 4.69) is 0 Å². The average Bonchev–Trinajstić information content (AvgIpc) is 2.38. The molecule has 0 atom stereocenters. The summed E-state index contributed by atoms with van der Waals surface area (Å²) in [5.41, 5.74) is -1.04. The number of carbonyl (C=O) groups is 2. The minimum atomic E-state index is -1.45. The van der Waals surface area contributed by atoms with Crippen molar-refractivity contribution < 1.29 is 33.0 Å². The predicted octanol–water partition coefficient (Wildman–Crippen LogP) is 1.79. The number of hydrogen-bond donors (Lipinski definition) is 1. The molecule has 0 aliphatic carbocycles. The molecule has 1 aromatic carbocycles. The van der Waals surface area contributed by atoms with E-state index in [-0.39, 0.29) is 13.2 Å². The SMILES string of the molecule is CCOCCOC(=O)Cc1c(F)cc(C(=O)O)cc1F. The van der Waals surface area contributed by atoms with Crippen molar-refractivity contribution in [2.75, 3.05) is 19.8 Å². The summed E-state index contributed by atoms with van der Waals surface area (Å²) in [6, 6.07) is 1.32. The van der Waals surface area contributed by atoms with Crippen molar-refractivity contribution in [2.45, 2.75) is 13.3 Å². The van der Waals surface area contributed by atoms with E-state index in [0.29, 0.717) is 18.7 Å². The van der Waals surface area contributed by atoms with Gasteiger partial charge in [-0.2, -0.15) is 0 Å². The van der Waals surface area contributed by atoms with Crippen LogP contribution in [-0.4, -0.2) is 36.9 Å². The number of benzene rings is 1. The van der Waals surface area contributed by atoms with Gasteiger partial charge in [0.05, 0.1) is 18.6 Å². The fraction of sp³-hybridized carbons (Fsp3) is 0.385. The molecule has 0 heterocycles. The van der Waals surface area contributed by atoms with E-state index in [9.17, 15) is 18.4 Å². The fourth-order valence-corrected chi connectivity index (χ4v) is 1.45. The molecule has 7 heteroatoms. The van der Waals surface area contributed by atoms with Crippen LogP contribution >= 0.6 is 0 Å². The van der Waals surface area contributed by atoms with Crippen molar-refractivity contribution in [3.8, 4) is 0 Å². The molecule has 0 aliphatic heterocycles. The highest BCUT2D eigenvalue weighted by Crippen LogP contribution is 2.16. The molecular weight excluding hydrogens is 274 g/mol. The van der Waals surface area contributed by atoms with E-state index >= 15 is 0 Å². The van der Waals surface area contributed by atoms with Crippen LogP contribution < -0.4 is 0 Å². The van der Waals surface area contributed by atoms with Crippen molar-refractivity contribution in [2.24, 2.45) is 0 Å². The van der Waals surface area contributed by atoms with E-state index in [0.717, 1.165) is 0 Å². The summed E-state index contributed by atoms with van der Waals surface area (Å²) in [7, 11) is 0. The summed E-state index contributed by atoms with van der Waals surface area (Å²) in [4.78, 5) is 22.0. The third-order valence-corrected chi connectivity index (χ3v) is 2.40. The quantitative estimate of drug-likeness (QED) is 0.611. The standard InChI is InChI=1S/C13H14F2O5/c1-2-19-3-4-20-12(16)7-9-10(14)5-8(13(17)18)6-11(9)15/h5-6H,2-4,7H2,1H3,(H,17,18). The van der Waals surface area contributed by atoms with E-state index < -0.39 is 41.1 Å². The molecule has 1 aromatic rings. The van der Waals surface area contributed by atoms with Gasteiger partial charge in [-0.1, -0.05) is 0 Å². The van der Waals surface area contributed by atoms with Crippen molar-refractivity contribution in [1.29, 1.82) is 0 Å². The van der Waals surface area contributed by atoms with Gasteiger partial charge in [-0.3, -0.25) is 4.79 Å². The minimum Gasteiger partial charge on any atom is -0.478 e. The zero-order chi connectivity index (χ0) is 15.1. The van der Waals surface area contributed by atoms with Crippen LogP contribution in [0.15, 0.2) is 12.1 Å². The van der Waals surface area contributed by atoms with Crippen LogP contribution in [-0.2, 0) is 20.7 Å². The maximum Gasteiger partial charge on any atom is 0.335 e. The van der Waals surface area contributed by atoms with Crippen molar-refractivity contribution in [3.05, 3.63) is 34.9 Å². The van der Waals surface area contributed by atoms with E-state index in [1.807, 2.05) is 0 Å². The van der Waals surface area contributed by atoms with Crippen molar-refractivity contribution >= 4 is 11.9 Å². The molecule has 5 nitrogen and oxygen atoms in total. The summed E-state index contributed by atoms with van der Waals surface area (Å²) >= 11 is 0. The monoisotopic (exact) mass is 288 g/mol. The third kappa shape index (κ3) is 4.58. The van der Waals surface area contributed by atoms with Gasteiger partial charge in [0.15, 0.2) is 0 Å². The van der Waals surface area contributed by atoms with Crippen LogP contribution in [0.25, 0.3) is 0 Å². The number of halogens is 2. The fourth-order valence-electron chi connectivity index (χ4n) is 1.45. The molecule has 110 valence electrons. The van der Waals surface area contributed by atoms with Gasteiger partial charge in [0.2, 0.25) is 0 Å². The molecule has 1 N–H and O–H groups in total. The number of hydrogen-bond acceptors (Lipinski definition) is 4. The van der Waals surface area contributed by atoms with Crippen LogP contribution in [0.5, 0.6) is 0 Å². The number of ether oxygens (including phenoxy) is 2. The highest BCUT2D eigenvalue weighted by Gasteiger charge is 2.17. The Hall–Kier alpha value is -2.02. The van der Waals surface area contributed by atoms with Crippen LogP contribution in [0.2, 0.25) is 0 Å². The number of rotatable bonds is 7. The van der Waals surface area contributed by atoms with Crippen LogP contribution in [0.4, 0.5) is 8.78 Å². The molecule has 0 fully saturated rings. The molecule has 20 heavy (non-hydrogen) atoms. The third-order valence-electron chi connectivity index (χ3n) is 2.40. The Balaban J connectivity index is 2.68. The topological polar surface area (TPSA) is 72.8 Å². The number of esters is 1. The molecule has 0 amide bonds. The average molecular weight is 288 g/mol. The van der Waals surface area contributed by atoms with Gasteiger partial charge in [-0.05, 0) is 19.1 Å². The molecule has 0 aromatic heterocycles. The summed E-state index contributed by atoms with van der Waals surface area (Å²) in [5.74, 6) is -4.45. The zero-order valence-electron chi connectivity index (χ0n) is 10.8. The lowest BCUT2D eigenvalue weighted by Gasteiger charge is -2.07. The molecule has 1 rings (SSSR count). The van der Waals surface area contributed by atoms with Gasteiger partial charge in [0.25, 0.3) is 0 Å². The minimum absolute atomic E-state index is 0.0108. The molecule has 0 radical (unpaired) electrons. The lowest BCUT2D eigenvalue weighted by atomic mass is 10.1. The van der Waals surface area contributed by atoms with Gasteiger partial charge >= 0.3 is 11.9 Å². The first kappa shape index (κ1) is 16.0. The Morgan fingerprint density at radius 1 is 1.20 bits per heavy atom. The first-order chi connectivity index (χ1) is 9.45. The summed E-state index contributed by atoms with van der Waals surface area (Å²) in [6.45, 7) is 2.43. The van der Waals surface area contributed by atoms with Crippen molar-refractivity contribution in [3.63, 3.8) is 0 Å². The first-order valence-corrected chi connectivity index (χ1v) is 5.90. The summed E-state index contributed by atoms with van der Waals surface area (Å²) in [5, 5.41) is 8.63. The Morgan fingerprint density at radius 2 is 1.80 bits per heavy atom. The smallest absolute Gasteiger partial charge is 0.335 e. The largest absolute Gasteiger partial charge is 0.478 e. The predicted molar refractivity (Wildman–Crippen MR) is 64.5 cm³/mol. The van der Waals surface area contributed by atoms with Crippen LogP contribution in [0.3, 0.4) is 0 Å². The van der Waals surface area contributed by atoms with Gasteiger partial charge in [-0.15, -0.1) is 0 Å². The second-order valence-electron chi connectivity index (χ2n) is 3.82. The second kappa shape index (κ2) is 7.54. The molecule has 0 spiro atoms. The normalized spacial score (nSPS) is 10.3. The summed E-state index contributed by atoms with van der Waals surface area (Å²) in [6.07, 6.45) is -0.607. The van der Waals surface area contributed by atoms with E-state index in [1.165, 1.54) is 0 Å². The molecule has 0 bridgehead atoms. The van der Waals surface area contributed by atoms with Crippen LogP contribution in [0.1, 0.15) is 22.8 Å². The number of carbonyl (C=O) groups excluding carboxylic acids is 1. The zero-order valence-corrected chi connectivity index (χ0v) is 10.8. The maximum absolute atomic E-state index is 13.5. The van der Waals surface area contributed by atoms with Crippen molar-refractivity contribution in [1.82, 2.24) is 0 Å². The van der Waals surface area contributed by atoms with Gasteiger partial charge in [0, 0.05) is 12.2 Å². The van der Waals surface area contributed by atoms with E-state index in [1.54, 1.807) is 6.92 Å². The highest BCUT2D eigenvalue weighted by atomic mass is 19.1. The molecule has 0 saturated heterocycles. The Morgan fingerprint density at radius 3 is 2.30 bits per heavy atom. The lowest BCUT2D eigenvalue weighted by Crippen LogP contribution is -2.15. The number of aromatic carboxylic acids is 1. The second-order valence-corrected chi connectivity index (χ2v) is 3.82. The molecule has 0 saturated carbocycles. The number of carboxylic acids is 1. The van der Waals surface area contributed by atoms with Crippen LogP contribution in [0, 0.1) is 11.6 Å². The van der Waals surface area contributed by atoms with Gasteiger partial charge < -0.3 is 14.6 Å². The summed E-state index contributed by atoms with van der Waals surface area (Å²) < 4.78 is 36.7.